The molecule has 0 saturated carbocycles. The van der Waals surface area contributed by atoms with Gasteiger partial charge in [-0.25, -0.2) is 0 Å². The lowest BCUT2D eigenvalue weighted by atomic mass is 10.1. The molecule has 2 aromatic rings. The number of hydrogen-bond donors (Lipinski definition) is 0. The van der Waals surface area contributed by atoms with Crippen LogP contribution in [0.25, 0.3) is 0 Å². The Bertz CT molecular complexity index is 771. The molecule has 0 atom stereocenters. The fourth-order valence-electron chi connectivity index (χ4n) is 2.44. The number of hydrogen-bond acceptors (Lipinski definition) is 4. The smallest absolute Gasteiger partial charge is 0.182 e. The molecule has 0 aromatic heterocycles. The van der Waals surface area contributed by atoms with Gasteiger partial charge in [-0.3, -0.25) is 9.79 Å². The number of Topliss-reactive ketones (excluding diaryl/α,β-unsaturated/α-hetero) is 1. The van der Waals surface area contributed by atoms with E-state index in [0.29, 0.717) is 22.2 Å². The van der Waals surface area contributed by atoms with Crippen molar-refractivity contribution in [2.24, 2.45) is 4.99 Å². The van der Waals surface area contributed by atoms with Crippen molar-refractivity contribution in [3.05, 3.63) is 69.7 Å². The molecule has 0 N–H and O–H groups in total. The number of rotatable bonds is 5. The van der Waals surface area contributed by atoms with Crippen molar-refractivity contribution >= 4 is 45.9 Å². The van der Waals surface area contributed by atoms with Gasteiger partial charge in [-0.2, -0.15) is 0 Å². The topological polar surface area (TPSA) is 32.7 Å². The standard InChI is InChI=1S/C18H16Cl2N2OS.BrH/c19-15-7-6-14(10-16(15)20)17(23)12-22(18-21-8-9-24-18)11-13-4-2-1-3-5-13;/h1-7,10H,8-9,11-12H2;1H/p-1. The van der Waals surface area contributed by atoms with Crippen LogP contribution >= 0.6 is 35.0 Å². The minimum absolute atomic E-state index is 0. The van der Waals surface area contributed by atoms with E-state index in [2.05, 4.69) is 17.1 Å². The molecule has 0 radical (unpaired) electrons. The van der Waals surface area contributed by atoms with E-state index in [0.717, 1.165) is 23.0 Å². The summed E-state index contributed by atoms with van der Waals surface area (Å²) in [6, 6.07) is 15.1. The number of thioether (sulfide) groups is 1. The molecule has 0 unspecified atom stereocenters. The van der Waals surface area contributed by atoms with E-state index in [4.69, 9.17) is 23.2 Å². The van der Waals surface area contributed by atoms with Gasteiger partial charge in [0.25, 0.3) is 0 Å². The van der Waals surface area contributed by atoms with Gasteiger partial charge in [-0.05, 0) is 23.8 Å². The molecule has 2 aromatic carbocycles. The van der Waals surface area contributed by atoms with E-state index in [1.54, 1.807) is 30.0 Å². The summed E-state index contributed by atoms with van der Waals surface area (Å²) >= 11 is 13.6. The highest BCUT2D eigenvalue weighted by atomic mass is 79.9. The van der Waals surface area contributed by atoms with Gasteiger partial charge in [-0.1, -0.05) is 65.3 Å². The third kappa shape index (κ3) is 5.48. The lowest BCUT2D eigenvalue weighted by Gasteiger charge is -2.23. The minimum atomic E-state index is -0.000280. The highest BCUT2D eigenvalue weighted by molar-refractivity contribution is 8.14. The normalized spacial score (nSPS) is 13.1. The molecule has 0 spiro atoms. The molecule has 0 fully saturated rings. The van der Waals surface area contributed by atoms with Crippen LogP contribution in [-0.4, -0.2) is 34.7 Å². The number of carbonyl (C=O) groups excluding carboxylic acids is 1. The summed E-state index contributed by atoms with van der Waals surface area (Å²) in [6.45, 7) is 1.71. The third-order valence-corrected chi connectivity index (χ3v) is 5.40. The van der Waals surface area contributed by atoms with E-state index >= 15 is 0 Å². The highest BCUT2D eigenvalue weighted by Gasteiger charge is 2.20. The first-order valence-corrected chi connectivity index (χ1v) is 9.32. The largest absolute Gasteiger partial charge is 1.00 e. The zero-order valence-corrected chi connectivity index (χ0v) is 17.2. The van der Waals surface area contributed by atoms with Crippen molar-refractivity contribution in [1.82, 2.24) is 4.90 Å². The molecule has 0 amide bonds. The predicted molar refractivity (Wildman–Crippen MR) is 102 cm³/mol. The average molecular weight is 459 g/mol. The molecule has 1 aliphatic rings. The maximum atomic E-state index is 12.7. The number of ketones is 1. The Kier molecular flexibility index (Phi) is 7.81. The Morgan fingerprint density at radius 1 is 1.12 bits per heavy atom. The number of aliphatic imine (C=N–C) groups is 1. The number of carbonyl (C=O) groups is 1. The molecular formula is C18H16BrCl2N2OS-. The number of nitrogens with zero attached hydrogens (tertiary/aromatic N) is 2. The van der Waals surface area contributed by atoms with Gasteiger partial charge in [0, 0.05) is 17.9 Å². The van der Waals surface area contributed by atoms with E-state index in [-0.39, 0.29) is 29.3 Å². The van der Waals surface area contributed by atoms with Crippen molar-refractivity contribution in [3.63, 3.8) is 0 Å². The van der Waals surface area contributed by atoms with Crippen molar-refractivity contribution in [2.75, 3.05) is 18.8 Å². The zero-order valence-electron chi connectivity index (χ0n) is 13.3. The molecule has 7 heteroatoms. The van der Waals surface area contributed by atoms with Crippen LogP contribution in [0.4, 0.5) is 0 Å². The van der Waals surface area contributed by atoms with Gasteiger partial charge in [0.15, 0.2) is 11.0 Å². The summed E-state index contributed by atoms with van der Waals surface area (Å²) in [5.41, 5.74) is 1.71. The van der Waals surface area contributed by atoms with Crippen LogP contribution in [0, 0.1) is 0 Å². The van der Waals surface area contributed by atoms with Crippen LogP contribution < -0.4 is 17.0 Å². The van der Waals surface area contributed by atoms with Crippen molar-refractivity contribution in [2.45, 2.75) is 6.54 Å². The second-order valence-electron chi connectivity index (χ2n) is 5.41. The Morgan fingerprint density at radius 2 is 1.88 bits per heavy atom. The van der Waals surface area contributed by atoms with Crippen LogP contribution in [0.1, 0.15) is 15.9 Å². The summed E-state index contributed by atoms with van der Waals surface area (Å²) in [7, 11) is 0. The number of benzene rings is 2. The van der Waals surface area contributed by atoms with E-state index in [1.807, 2.05) is 23.1 Å². The Balaban J connectivity index is 0.00000225. The molecule has 0 aliphatic carbocycles. The monoisotopic (exact) mass is 457 g/mol. The maximum absolute atomic E-state index is 12.7. The van der Waals surface area contributed by atoms with Crippen molar-refractivity contribution in [3.8, 4) is 0 Å². The van der Waals surface area contributed by atoms with Crippen LogP contribution in [0.15, 0.2) is 53.5 Å². The highest BCUT2D eigenvalue weighted by Crippen LogP contribution is 2.24. The lowest BCUT2D eigenvalue weighted by Crippen LogP contribution is -3.00. The van der Waals surface area contributed by atoms with Gasteiger partial charge in [0.1, 0.15) is 0 Å². The van der Waals surface area contributed by atoms with Gasteiger partial charge < -0.3 is 21.9 Å². The zero-order chi connectivity index (χ0) is 16.9. The predicted octanol–water partition coefficient (Wildman–Crippen LogP) is 1.79. The molecule has 132 valence electrons. The molecule has 0 saturated heterocycles. The molecule has 0 bridgehead atoms. The summed E-state index contributed by atoms with van der Waals surface area (Å²) in [5, 5.41) is 1.77. The molecule has 3 nitrogen and oxygen atoms in total. The second kappa shape index (κ2) is 9.62. The van der Waals surface area contributed by atoms with Crippen LogP contribution in [0.3, 0.4) is 0 Å². The van der Waals surface area contributed by atoms with Crippen LogP contribution in [0.2, 0.25) is 10.0 Å². The molecule has 25 heavy (non-hydrogen) atoms. The second-order valence-corrected chi connectivity index (χ2v) is 7.28. The third-order valence-electron chi connectivity index (χ3n) is 3.63. The summed E-state index contributed by atoms with van der Waals surface area (Å²) in [6.07, 6.45) is 0. The van der Waals surface area contributed by atoms with Crippen molar-refractivity contribution in [1.29, 1.82) is 0 Å². The van der Waals surface area contributed by atoms with Crippen LogP contribution in [-0.2, 0) is 6.54 Å². The summed E-state index contributed by atoms with van der Waals surface area (Å²) in [5.74, 6) is 0.960. The van der Waals surface area contributed by atoms with Gasteiger partial charge in [0.2, 0.25) is 0 Å². The lowest BCUT2D eigenvalue weighted by molar-refractivity contribution is -0.0000125. The molecule has 1 aliphatic heterocycles. The Morgan fingerprint density at radius 3 is 2.52 bits per heavy atom. The van der Waals surface area contributed by atoms with Gasteiger partial charge in [0.05, 0.1) is 23.1 Å². The van der Waals surface area contributed by atoms with Crippen LogP contribution in [0.5, 0.6) is 0 Å². The molecular weight excluding hydrogens is 443 g/mol. The van der Waals surface area contributed by atoms with Gasteiger partial charge in [-0.15, -0.1) is 0 Å². The Labute approximate surface area is 172 Å². The van der Waals surface area contributed by atoms with E-state index in [9.17, 15) is 4.79 Å². The average Bonchev–Trinajstić information content (AvgIpc) is 3.12. The number of amidine groups is 1. The SMILES string of the molecule is O=C(CN(Cc1ccccc1)C1=NCCS1)c1ccc(Cl)c(Cl)c1.[Br-]. The van der Waals surface area contributed by atoms with E-state index in [1.165, 1.54) is 0 Å². The quantitative estimate of drug-likeness (QED) is 0.640. The molecule has 1 heterocycles. The first-order chi connectivity index (χ1) is 11.6. The first-order valence-electron chi connectivity index (χ1n) is 7.58. The summed E-state index contributed by atoms with van der Waals surface area (Å²) in [4.78, 5) is 19.2. The minimum Gasteiger partial charge on any atom is -1.00 e. The summed E-state index contributed by atoms with van der Waals surface area (Å²) < 4.78 is 0. The first kappa shape index (κ1) is 20.3. The van der Waals surface area contributed by atoms with Gasteiger partial charge >= 0.3 is 0 Å². The maximum Gasteiger partial charge on any atom is 0.182 e. The fraction of sp³-hybridized carbons (Fsp3) is 0.222. The molecule has 3 rings (SSSR count). The number of halogens is 3. The van der Waals surface area contributed by atoms with E-state index < -0.39 is 0 Å². The Hall–Kier alpha value is -1.01. The fourth-order valence-corrected chi connectivity index (χ4v) is 3.60. The van der Waals surface area contributed by atoms with Crippen molar-refractivity contribution < 1.29 is 21.8 Å².